The second kappa shape index (κ2) is 5.95. The second-order valence-corrected chi connectivity index (χ2v) is 6.32. The van der Waals surface area contributed by atoms with Crippen LogP contribution in [0.1, 0.15) is 16.1 Å². The Kier molecular flexibility index (Phi) is 4.17. The molecule has 1 aromatic heterocycles. The normalized spacial score (nSPS) is 10.9. The number of furan rings is 1. The smallest absolute Gasteiger partial charge is 0.233 e. The van der Waals surface area contributed by atoms with Gasteiger partial charge in [0.2, 0.25) is 11.5 Å². The molecule has 0 aliphatic heterocycles. The highest BCUT2D eigenvalue weighted by atomic mass is 79.9. The molecule has 0 aliphatic carbocycles. The van der Waals surface area contributed by atoms with Crippen molar-refractivity contribution < 1.29 is 13.9 Å². The Morgan fingerprint density at radius 2 is 1.95 bits per heavy atom. The highest BCUT2D eigenvalue weighted by molar-refractivity contribution is 9.10. The van der Waals surface area contributed by atoms with Gasteiger partial charge < -0.3 is 9.15 Å². The summed E-state index contributed by atoms with van der Waals surface area (Å²) >= 11 is 15.3. The Balaban J connectivity index is 2.18. The number of halogens is 3. The van der Waals surface area contributed by atoms with Gasteiger partial charge in [0.15, 0.2) is 5.75 Å². The van der Waals surface area contributed by atoms with E-state index < -0.39 is 0 Å². The summed E-state index contributed by atoms with van der Waals surface area (Å²) in [6, 6.07) is 10.1. The van der Waals surface area contributed by atoms with E-state index in [-0.39, 0.29) is 16.6 Å². The van der Waals surface area contributed by atoms with Crippen LogP contribution in [0.5, 0.6) is 5.75 Å². The van der Waals surface area contributed by atoms with Gasteiger partial charge in [-0.2, -0.15) is 0 Å². The monoisotopic (exact) mass is 398 g/mol. The summed E-state index contributed by atoms with van der Waals surface area (Å²) in [4.78, 5) is 12.7. The average Bonchev–Trinajstić information content (AvgIpc) is 2.84. The zero-order valence-corrected chi connectivity index (χ0v) is 14.4. The number of ether oxygens (including phenoxy) is 1. The second-order valence-electron chi connectivity index (χ2n) is 4.56. The van der Waals surface area contributed by atoms with Crippen molar-refractivity contribution in [2.75, 3.05) is 7.11 Å². The number of methoxy groups -OCH3 is 1. The third-order valence-corrected chi connectivity index (χ3v) is 4.23. The molecular weight excluding hydrogens is 391 g/mol. The van der Waals surface area contributed by atoms with Crippen LogP contribution in [-0.4, -0.2) is 12.9 Å². The van der Waals surface area contributed by atoms with Crippen LogP contribution < -0.4 is 4.74 Å². The third kappa shape index (κ3) is 2.62. The zero-order chi connectivity index (χ0) is 15.9. The fourth-order valence-electron chi connectivity index (χ4n) is 2.19. The van der Waals surface area contributed by atoms with Crippen molar-refractivity contribution in [3.8, 4) is 5.75 Å². The molecule has 0 N–H and O–H groups in total. The van der Waals surface area contributed by atoms with Crippen LogP contribution in [0.2, 0.25) is 10.0 Å². The van der Waals surface area contributed by atoms with Crippen LogP contribution in [-0.2, 0) is 0 Å². The predicted octanol–water partition coefficient (Wildman–Crippen LogP) is 5.74. The van der Waals surface area contributed by atoms with Gasteiger partial charge in [0.05, 0.1) is 17.5 Å². The fourth-order valence-corrected chi connectivity index (χ4v) is 3.03. The quantitative estimate of drug-likeness (QED) is 0.527. The summed E-state index contributed by atoms with van der Waals surface area (Å²) in [6.45, 7) is 0. The Hall–Kier alpha value is -1.49. The minimum atomic E-state index is -0.356. The number of ketones is 1. The van der Waals surface area contributed by atoms with E-state index in [0.29, 0.717) is 21.9 Å². The highest BCUT2D eigenvalue weighted by Gasteiger charge is 2.24. The van der Waals surface area contributed by atoms with Crippen LogP contribution in [0.4, 0.5) is 0 Å². The number of rotatable bonds is 3. The van der Waals surface area contributed by atoms with E-state index in [1.165, 1.54) is 13.2 Å². The molecule has 112 valence electrons. The molecule has 0 saturated carbocycles. The van der Waals surface area contributed by atoms with Crippen molar-refractivity contribution in [3.63, 3.8) is 0 Å². The summed E-state index contributed by atoms with van der Waals surface area (Å²) in [5, 5.41) is 1.45. The third-order valence-electron chi connectivity index (χ3n) is 3.19. The van der Waals surface area contributed by atoms with Crippen LogP contribution in [0.25, 0.3) is 11.0 Å². The lowest BCUT2D eigenvalue weighted by Crippen LogP contribution is -2.02. The maximum absolute atomic E-state index is 12.7. The van der Waals surface area contributed by atoms with Gasteiger partial charge in [0.1, 0.15) is 5.58 Å². The first-order valence-electron chi connectivity index (χ1n) is 6.27. The number of benzene rings is 2. The van der Waals surface area contributed by atoms with Crippen molar-refractivity contribution in [2.24, 2.45) is 0 Å². The molecule has 0 saturated heterocycles. The Morgan fingerprint density at radius 1 is 1.18 bits per heavy atom. The van der Waals surface area contributed by atoms with E-state index in [1.807, 2.05) is 12.1 Å². The molecule has 0 amide bonds. The summed E-state index contributed by atoms with van der Waals surface area (Å²) in [6.07, 6.45) is 0. The molecular formula is C16H9BrCl2O3. The summed E-state index contributed by atoms with van der Waals surface area (Å²) in [5.41, 5.74) is 0.863. The van der Waals surface area contributed by atoms with Crippen LogP contribution in [0, 0.1) is 0 Å². The maximum Gasteiger partial charge on any atom is 0.233 e. The van der Waals surface area contributed by atoms with E-state index >= 15 is 0 Å². The number of carbonyl (C=O) groups excluding carboxylic acids is 1. The first kappa shape index (κ1) is 15.4. The minimum Gasteiger partial charge on any atom is -0.492 e. The van der Waals surface area contributed by atoms with E-state index in [4.69, 9.17) is 32.4 Å². The van der Waals surface area contributed by atoms with Gasteiger partial charge in [-0.25, -0.2) is 0 Å². The van der Waals surface area contributed by atoms with Crippen LogP contribution in [0.3, 0.4) is 0 Å². The number of hydrogen-bond acceptors (Lipinski definition) is 3. The van der Waals surface area contributed by atoms with E-state index in [2.05, 4.69) is 15.9 Å². The van der Waals surface area contributed by atoms with Gasteiger partial charge in [0, 0.05) is 15.1 Å². The molecule has 2 aromatic carbocycles. The lowest BCUT2D eigenvalue weighted by Gasteiger charge is -2.04. The van der Waals surface area contributed by atoms with Crippen molar-refractivity contribution in [3.05, 3.63) is 62.2 Å². The predicted molar refractivity (Wildman–Crippen MR) is 90.4 cm³/mol. The van der Waals surface area contributed by atoms with Gasteiger partial charge in [-0.15, -0.1) is 0 Å². The largest absolute Gasteiger partial charge is 0.492 e. The average molecular weight is 400 g/mol. The van der Waals surface area contributed by atoms with Crippen LogP contribution >= 0.6 is 39.1 Å². The molecule has 1 heterocycles. The summed E-state index contributed by atoms with van der Waals surface area (Å²) < 4.78 is 11.9. The van der Waals surface area contributed by atoms with Crippen molar-refractivity contribution in [2.45, 2.75) is 0 Å². The van der Waals surface area contributed by atoms with Gasteiger partial charge in [0.25, 0.3) is 0 Å². The number of fused-ring (bicyclic) bond motifs is 1. The minimum absolute atomic E-state index is 0.111. The Morgan fingerprint density at radius 3 is 2.64 bits per heavy atom. The van der Waals surface area contributed by atoms with E-state index in [0.717, 1.165) is 9.86 Å². The lowest BCUT2D eigenvalue weighted by atomic mass is 10.1. The molecule has 3 rings (SSSR count). The molecule has 3 aromatic rings. The maximum atomic E-state index is 12.7. The summed E-state index contributed by atoms with van der Waals surface area (Å²) in [7, 11) is 1.49. The molecule has 0 radical (unpaired) electrons. The Labute approximate surface area is 144 Å². The molecule has 22 heavy (non-hydrogen) atoms. The first-order valence-corrected chi connectivity index (χ1v) is 7.82. The number of hydrogen-bond donors (Lipinski definition) is 0. The fraction of sp³-hybridized carbons (Fsp3) is 0.0625. The first-order chi connectivity index (χ1) is 10.5. The van der Waals surface area contributed by atoms with Gasteiger partial charge >= 0.3 is 0 Å². The topological polar surface area (TPSA) is 39.4 Å². The lowest BCUT2D eigenvalue weighted by molar-refractivity contribution is 0.101. The molecule has 0 bridgehead atoms. The number of carbonyl (C=O) groups is 1. The standard InChI is InChI=1S/C16H9BrCl2O3/c1-21-15-11-4-2-8(17)6-13(11)22-16(15)14(20)10-5-3-9(18)7-12(10)19/h2-7H,1H3. The van der Waals surface area contributed by atoms with Crippen molar-refractivity contribution in [1.29, 1.82) is 0 Å². The SMILES string of the molecule is COc1c(C(=O)c2ccc(Cl)cc2Cl)oc2cc(Br)ccc12. The van der Waals surface area contributed by atoms with E-state index in [1.54, 1.807) is 18.2 Å². The molecule has 6 heteroatoms. The van der Waals surface area contributed by atoms with Gasteiger partial charge in [-0.3, -0.25) is 4.79 Å². The molecule has 0 atom stereocenters. The zero-order valence-electron chi connectivity index (χ0n) is 11.3. The van der Waals surface area contributed by atoms with Crippen LogP contribution in [0.15, 0.2) is 45.3 Å². The van der Waals surface area contributed by atoms with E-state index in [9.17, 15) is 4.79 Å². The highest BCUT2D eigenvalue weighted by Crippen LogP contribution is 2.36. The summed E-state index contributed by atoms with van der Waals surface area (Å²) in [5.74, 6) is 0.143. The molecule has 0 fully saturated rings. The molecule has 0 spiro atoms. The Bertz CT molecular complexity index is 886. The molecule has 0 unspecified atom stereocenters. The molecule has 3 nitrogen and oxygen atoms in total. The van der Waals surface area contributed by atoms with Crippen molar-refractivity contribution in [1.82, 2.24) is 0 Å². The van der Waals surface area contributed by atoms with Crippen molar-refractivity contribution >= 4 is 55.9 Å². The van der Waals surface area contributed by atoms with Gasteiger partial charge in [-0.1, -0.05) is 39.1 Å². The molecule has 0 aliphatic rings. The van der Waals surface area contributed by atoms with Gasteiger partial charge in [-0.05, 0) is 36.4 Å².